The van der Waals surface area contributed by atoms with Crippen LogP contribution in [0, 0.1) is 0 Å². The molecule has 10 heavy (non-hydrogen) atoms. The molecule has 0 aromatic heterocycles. The first-order valence-electron chi connectivity index (χ1n) is 3.34. The van der Waals surface area contributed by atoms with E-state index in [4.69, 9.17) is 9.88 Å². The monoisotopic (exact) mass is 162 g/mol. The molecule has 0 radical (unpaired) electrons. The number of rotatable bonds is 2. The van der Waals surface area contributed by atoms with Gasteiger partial charge in [0, 0.05) is 20.2 Å². The second-order valence-corrected chi connectivity index (χ2v) is 3.55. The average molecular weight is 162 g/mol. The van der Waals surface area contributed by atoms with Gasteiger partial charge in [0.2, 0.25) is 0 Å². The minimum Gasteiger partial charge on any atom is -0.379 e. The van der Waals surface area contributed by atoms with Crippen LogP contribution in [-0.4, -0.2) is 43.5 Å². The van der Waals surface area contributed by atoms with E-state index < -0.39 is 0 Å². The summed E-state index contributed by atoms with van der Waals surface area (Å²) in [5.41, 5.74) is 0. The molecule has 2 atom stereocenters. The van der Waals surface area contributed by atoms with E-state index in [0.29, 0.717) is 11.4 Å². The van der Waals surface area contributed by atoms with Crippen molar-refractivity contribution in [2.75, 3.05) is 27.2 Å². The van der Waals surface area contributed by atoms with Crippen molar-refractivity contribution in [1.82, 2.24) is 4.90 Å². The van der Waals surface area contributed by atoms with Gasteiger partial charge in [-0.2, -0.15) is 0 Å². The number of hydrogen-bond acceptors (Lipinski definition) is 4. The van der Waals surface area contributed by atoms with E-state index in [-0.39, 0.29) is 0 Å². The van der Waals surface area contributed by atoms with Crippen molar-refractivity contribution in [3.05, 3.63) is 0 Å². The zero-order chi connectivity index (χ0) is 7.56. The molecule has 1 aliphatic rings. The second kappa shape index (κ2) is 3.57. The van der Waals surface area contributed by atoms with Crippen molar-refractivity contribution in [3.8, 4) is 0 Å². The van der Waals surface area contributed by atoms with Gasteiger partial charge in [-0.3, -0.25) is 5.14 Å². The van der Waals surface area contributed by atoms with Crippen LogP contribution < -0.4 is 5.14 Å². The Balaban J connectivity index is 2.41. The zero-order valence-corrected chi connectivity index (χ0v) is 7.23. The van der Waals surface area contributed by atoms with Gasteiger partial charge in [0.15, 0.2) is 0 Å². The van der Waals surface area contributed by atoms with Crippen LogP contribution in [0.5, 0.6) is 0 Å². The lowest BCUT2D eigenvalue weighted by atomic mass is 10.3. The van der Waals surface area contributed by atoms with Gasteiger partial charge >= 0.3 is 0 Å². The molecule has 60 valence electrons. The Labute approximate surface area is 66.0 Å². The van der Waals surface area contributed by atoms with Gasteiger partial charge in [0.1, 0.15) is 0 Å². The van der Waals surface area contributed by atoms with Crippen molar-refractivity contribution in [2.24, 2.45) is 5.14 Å². The third-order valence-corrected chi connectivity index (χ3v) is 2.68. The first kappa shape index (κ1) is 8.33. The Morgan fingerprint density at radius 3 is 2.70 bits per heavy atom. The van der Waals surface area contributed by atoms with Gasteiger partial charge in [0.25, 0.3) is 0 Å². The normalized spacial score (nSPS) is 35.1. The Morgan fingerprint density at radius 2 is 2.30 bits per heavy atom. The minimum absolute atomic E-state index is 0.319. The summed E-state index contributed by atoms with van der Waals surface area (Å²) in [6, 6.07) is 0. The predicted molar refractivity (Wildman–Crippen MR) is 43.9 cm³/mol. The SMILES string of the molecule is COC1CN(C)CC1SN. The van der Waals surface area contributed by atoms with Crippen LogP contribution in [-0.2, 0) is 4.74 Å². The fourth-order valence-electron chi connectivity index (χ4n) is 1.28. The largest absolute Gasteiger partial charge is 0.379 e. The molecule has 1 saturated heterocycles. The number of ether oxygens (including phenoxy) is 1. The number of likely N-dealkylation sites (N-methyl/N-ethyl adjacent to an activating group) is 1. The van der Waals surface area contributed by atoms with Gasteiger partial charge in [-0.25, -0.2) is 0 Å². The van der Waals surface area contributed by atoms with Crippen LogP contribution >= 0.6 is 11.9 Å². The van der Waals surface area contributed by atoms with Crippen molar-refractivity contribution in [2.45, 2.75) is 11.4 Å². The first-order valence-corrected chi connectivity index (χ1v) is 4.29. The number of nitrogens with zero attached hydrogens (tertiary/aromatic N) is 1. The average Bonchev–Trinajstić information content (AvgIpc) is 2.30. The molecule has 1 heterocycles. The second-order valence-electron chi connectivity index (χ2n) is 2.67. The Hall–Kier alpha value is 0.230. The summed E-state index contributed by atoms with van der Waals surface area (Å²) in [6.07, 6.45) is 0.319. The molecule has 0 amide bonds. The van der Waals surface area contributed by atoms with Crippen LogP contribution in [0.4, 0.5) is 0 Å². The highest BCUT2D eigenvalue weighted by atomic mass is 32.2. The molecule has 0 aliphatic carbocycles. The van der Waals surface area contributed by atoms with Gasteiger partial charge < -0.3 is 9.64 Å². The highest BCUT2D eigenvalue weighted by molar-refractivity contribution is 7.97. The maximum atomic E-state index is 5.47. The van der Waals surface area contributed by atoms with Gasteiger partial charge in [-0.05, 0) is 7.05 Å². The van der Waals surface area contributed by atoms with E-state index in [9.17, 15) is 0 Å². The molecule has 0 aromatic carbocycles. The van der Waals surface area contributed by atoms with E-state index in [2.05, 4.69) is 11.9 Å². The number of hydrogen-bond donors (Lipinski definition) is 1. The minimum atomic E-state index is 0.319. The molecule has 1 aliphatic heterocycles. The number of nitrogens with two attached hydrogens (primary N) is 1. The maximum Gasteiger partial charge on any atom is 0.0841 e. The zero-order valence-electron chi connectivity index (χ0n) is 6.41. The fourth-order valence-corrected chi connectivity index (χ4v) is 1.99. The smallest absolute Gasteiger partial charge is 0.0841 e. The van der Waals surface area contributed by atoms with E-state index in [1.54, 1.807) is 7.11 Å². The van der Waals surface area contributed by atoms with Crippen LogP contribution in [0.3, 0.4) is 0 Å². The highest BCUT2D eigenvalue weighted by Gasteiger charge is 2.30. The molecule has 2 N–H and O–H groups in total. The summed E-state index contributed by atoms with van der Waals surface area (Å²) >= 11 is 1.40. The lowest BCUT2D eigenvalue weighted by Gasteiger charge is -2.12. The molecule has 3 nitrogen and oxygen atoms in total. The van der Waals surface area contributed by atoms with Crippen LogP contribution in [0.1, 0.15) is 0 Å². The summed E-state index contributed by atoms with van der Waals surface area (Å²) in [5.74, 6) is 0. The maximum absolute atomic E-state index is 5.47. The summed E-state index contributed by atoms with van der Waals surface area (Å²) in [6.45, 7) is 2.05. The predicted octanol–water partition coefficient (Wildman–Crippen LogP) is -0.0777. The van der Waals surface area contributed by atoms with Gasteiger partial charge in [-0.15, -0.1) is 0 Å². The lowest BCUT2D eigenvalue weighted by Crippen LogP contribution is -2.24. The molecule has 2 unspecified atom stereocenters. The number of methoxy groups -OCH3 is 1. The third kappa shape index (κ3) is 1.63. The molecule has 4 heteroatoms. The third-order valence-electron chi connectivity index (χ3n) is 1.88. The quantitative estimate of drug-likeness (QED) is 0.577. The van der Waals surface area contributed by atoms with Gasteiger partial charge in [0.05, 0.1) is 11.4 Å². The number of likely N-dealkylation sites (tertiary alicyclic amines) is 1. The van der Waals surface area contributed by atoms with Crippen molar-refractivity contribution in [3.63, 3.8) is 0 Å². The van der Waals surface area contributed by atoms with E-state index in [1.165, 1.54) is 11.9 Å². The molecular weight excluding hydrogens is 148 g/mol. The van der Waals surface area contributed by atoms with Crippen LogP contribution in [0.25, 0.3) is 0 Å². The standard InChI is InChI=1S/C6H14N2OS/c1-8-3-5(9-2)6(4-8)10-7/h5-6H,3-4,7H2,1-2H3. The fraction of sp³-hybridized carbons (Fsp3) is 1.00. The van der Waals surface area contributed by atoms with Crippen LogP contribution in [0.15, 0.2) is 0 Å². The van der Waals surface area contributed by atoms with Crippen molar-refractivity contribution < 1.29 is 4.74 Å². The lowest BCUT2D eigenvalue weighted by molar-refractivity contribution is 0.114. The first-order chi connectivity index (χ1) is 4.77. The summed E-state index contributed by atoms with van der Waals surface area (Å²) in [7, 11) is 3.83. The molecule has 0 spiro atoms. The summed E-state index contributed by atoms with van der Waals surface area (Å²) in [5, 5.41) is 5.93. The Bertz CT molecular complexity index is 99.9. The van der Waals surface area contributed by atoms with E-state index in [1.807, 2.05) is 0 Å². The molecule has 0 aromatic rings. The van der Waals surface area contributed by atoms with Crippen molar-refractivity contribution >= 4 is 11.9 Å². The van der Waals surface area contributed by atoms with E-state index in [0.717, 1.165) is 13.1 Å². The topological polar surface area (TPSA) is 38.5 Å². The Kier molecular flexibility index (Phi) is 2.97. The summed E-state index contributed by atoms with van der Waals surface area (Å²) < 4.78 is 5.24. The van der Waals surface area contributed by atoms with Crippen LogP contribution in [0.2, 0.25) is 0 Å². The molecule has 0 saturated carbocycles. The van der Waals surface area contributed by atoms with Crippen molar-refractivity contribution in [1.29, 1.82) is 0 Å². The van der Waals surface area contributed by atoms with Gasteiger partial charge in [-0.1, -0.05) is 11.9 Å². The highest BCUT2D eigenvalue weighted by Crippen LogP contribution is 2.19. The summed E-state index contributed by atoms with van der Waals surface area (Å²) in [4.78, 5) is 2.23. The molecule has 1 rings (SSSR count). The Morgan fingerprint density at radius 1 is 1.60 bits per heavy atom. The van der Waals surface area contributed by atoms with E-state index >= 15 is 0 Å². The molecular formula is C6H14N2OS. The molecule has 1 fully saturated rings. The molecule has 0 bridgehead atoms.